The van der Waals surface area contributed by atoms with Crippen LogP contribution in [0.25, 0.3) is 0 Å². The molecular formula is C18H19N3OS2. The van der Waals surface area contributed by atoms with Crippen molar-refractivity contribution in [1.82, 2.24) is 14.8 Å². The highest BCUT2D eigenvalue weighted by Crippen LogP contribution is 2.39. The number of ether oxygens (including phenoxy) is 1. The average Bonchev–Trinajstić information content (AvgIpc) is 3.17. The Morgan fingerprint density at radius 1 is 1.12 bits per heavy atom. The molecule has 0 spiro atoms. The van der Waals surface area contributed by atoms with Gasteiger partial charge in [-0.05, 0) is 36.4 Å². The number of aromatic nitrogens is 3. The van der Waals surface area contributed by atoms with E-state index in [1.807, 2.05) is 30.3 Å². The lowest BCUT2D eigenvalue weighted by Crippen LogP contribution is -2.05. The third-order valence-electron chi connectivity index (χ3n) is 3.89. The first kappa shape index (κ1) is 15.7. The van der Waals surface area contributed by atoms with Crippen LogP contribution in [0.1, 0.15) is 29.6 Å². The summed E-state index contributed by atoms with van der Waals surface area (Å²) in [5.74, 6) is 2.88. The Bertz CT molecular complexity index is 767. The second-order valence-corrected chi connectivity index (χ2v) is 7.86. The second-order valence-electron chi connectivity index (χ2n) is 5.77. The molecule has 1 saturated carbocycles. The Morgan fingerprint density at radius 3 is 2.75 bits per heavy atom. The second kappa shape index (κ2) is 7.40. The number of thiophene rings is 1. The van der Waals surface area contributed by atoms with Crippen LogP contribution in [-0.2, 0) is 6.42 Å². The van der Waals surface area contributed by atoms with Gasteiger partial charge in [0.05, 0.1) is 6.61 Å². The third-order valence-corrected chi connectivity index (χ3v) is 5.67. The van der Waals surface area contributed by atoms with Gasteiger partial charge in [-0.25, -0.2) is 0 Å². The molecule has 124 valence electrons. The van der Waals surface area contributed by atoms with Gasteiger partial charge in [-0.1, -0.05) is 36.0 Å². The zero-order valence-electron chi connectivity index (χ0n) is 13.3. The molecule has 0 radical (unpaired) electrons. The van der Waals surface area contributed by atoms with Crippen LogP contribution >= 0.6 is 23.1 Å². The third kappa shape index (κ3) is 3.82. The molecule has 2 heterocycles. The van der Waals surface area contributed by atoms with Crippen molar-refractivity contribution in [2.24, 2.45) is 0 Å². The van der Waals surface area contributed by atoms with Gasteiger partial charge < -0.3 is 9.30 Å². The fraction of sp³-hybridized carbons (Fsp3) is 0.333. The number of hydrogen-bond donors (Lipinski definition) is 0. The molecular weight excluding hydrogens is 338 g/mol. The van der Waals surface area contributed by atoms with Crippen LogP contribution in [0, 0.1) is 0 Å². The summed E-state index contributed by atoms with van der Waals surface area (Å²) < 4.78 is 8.10. The standard InChI is InChI=1S/C18H19N3OS2/c1-2-5-15(6-3-1)22-10-12-24-18-20-19-17(21(18)14-8-9-14)13-16-7-4-11-23-16/h1-7,11,14H,8-10,12-13H2. The summed E-state index contributed by atoms with van der Waals surface area (Å²) >= 11 is 3.51. The average molecular weight is 358 g/mol. The number of hydrogen-bond acceptors (Lipinski definition) is 5. The van der Waals surface area contributed by atoms with Crippen LogP contribution in [0.3, 0.4) is 0 Å². The molecule has 0 aliphatic heterocycles. The molecule has 1 aliphatic carbocycles. The van der Waals surface area contributed by atoms with Crippen molar-refractivity contribution in [3.05, 3.63) is 58.5 Å². The summed E-state index contributed by atoms with van der Waals surface area (Å²) in [7, 11) is 0. The number of para-hydroxylation sites is 1. The van der Waals surface area contributed by atoms with Crippen molar-refractivity contribution in [2.75, 3.05) is 12.4 Å². The van der Waals surface area contributed by atoms with E-state index in [-0.39, 0.29) is 0 Å². The molecule has 0 N–H and O–H groups in total. The van der Waals surface area contributed by atoms with Crippen molar-refractivity contribution >= 4 is 23.1 Å². The minimum atomic E-state index is 0.590. The minimum absolute atomic E-state index is 0.590. The molecule has 0 unspecified atom stereocenters. The minimum Gasteiger partial charge on any atom is -0.493 e. The maximum atomic E-state index is 5.76. The molecule has 4 rings (SSSR count). The van der Waals surface area contributed by atoms with Crippen LogP contribution in [0.5, 0.6) is 5.75 Å². The van der Waals surface area contributed by atoms with Gasteiger partial charge in [0.15, 0.2) is 5.16 Å². The topological polar surface area (TPSA) is 39.9 Å². The van der Waals surface area contributed by atoms with E-state index in [0.29, 0.717) is 12.6 Å². The Kier molecular flexibility index (Phi) is 4.85. The van der Waals surface area contributed by atoms with E-state index in [1.165, 1.54) is 17.7 Å². The van der Waals surface area contributed by atoms with Gasteiger partial charge in [0.2, 0.25) is 0 Å². The van der Waals surface area contributed by atoms with E-state index in [9.17, 15) is 0 Å². The Labute approximate surface area is 149 Å². The van der Waals surface area contributed by atoms with Crippen molar-refractivity contribution < 1.29 is 4.74 Å². The summed E-state index contributed by atoms with van der Waals surface area (Å²) in [5, 5.41) is 12.0. The molecule has 6 heteroatoms. The van der Waals surface area contributed by atoms with Crippen molar-refractivity contribution in [1.29, 1.82) is 0 Å². The van der Waals surface area contributed by atoms with E-state index >= 15 is 0 Å². The predicted octanol–water partition coefficient (Wildman–Crippen LogP) is 4.44. The molecule has 3 aromatic rings. The van der Waals surface area contributed by atoms with Crippen LogP contribution in [0.15, 0.2) is 53.0 Å². The number of thioether (sulfide) groups is 1. The van der Waals surface area contributed by atoms with Gasteiger partial charge in [0.1, 0.15) is 11.6 Å². The Balaban J connectivity index is 1.37. The quantitative estimate of drug-likeness (QED) is 0.441. The normalized spacial score (nSPS) is 14.0. The number of benzene rings is 1. The summed E-state index contributed by atoms with van der Waals surface area (Å²) in [5.41, 5.74) is 0. The molecule has 4 nitrogen and oxygen atoms in total. The Morgan fingerprint density at radius 2 is 2.00 bits per heavy atom. The van der Waals surface area contributed by atoms with Crippen molar-refractivity contribution in [3.63, 3.8) is 0 Å². The fourth-order valence-corrected chi connectivity index (χ4v) is 4.15. The van der Waals surface area contributed by atoms with Gasteiger partial charge in [0, 0.05) is 23.1 Å². The molecule has 0 saturated heterocycles. The summed E-state index contributed by atoms with van der Waals surface area (Å²) in [4.78, 5) is 1.34. The fourth-order valence-electron chi connectivity index (χ4n) is 2.60. The van der Waals surface area contributed by atoms with Gasteiger partial charge in [-0.3, -0.25) is 0 Å². The molecule has 0 amide bonds. The maximum Gasteiger partial charge on any atom is 0.191 e. The van der Waals surface area contributed by atoms with E-state index in [4.69, 9.17) is 4.74 Å². The highest BCUT2D eigenvalue weighted by atomic mass is 32.2. The summed E-state index contributed by atoms with van der Waals surface area (Å²) in [6, 6.07) is 14.8. The zero-order chi connectivity index (χ0) is 16.2. The molecule has 0 atom stereocenters. The maximum absolute atomic E-state index is 5.76. The van der Waals surface area contributed by atoms with Crippen molar-refractivity contribution in [3.8, 4) is 5.75 Å². The number of nitrogens with zero attached hydrogens (tertiary/aromatic N) is 3. The molecule has 0 bridgehead atoms. The largest absolute Gasteiger partial charge is 0.493 e. The molecule has 1 fully saturated rings. The lowest BCUT2D eigenvalue weighted by Gasteiger charge is -2.09. The molecule has 24 heavy (non-hydrogen) atoms. The first-order valence-corrected chi connectivity index (χ1v) is 10.0. The zero-order valence-corrected chi connectivity index (χ0v) is 14.9. The number of rotatable bonds is 8. The van der Waals surface area contributed by atoms with Crippen LogP contribution < -0.4 is 4.74 Å². The van der Waals surface area contributed by atoms with E-state index in [1.54, 1.807) is 23.1 Å². The van der Waals surface area contributed by atoms with Crippen LogP contribution in [0.4, 0.5) is 0 Å². The van der Waals surface area contributed by atoms with E-state index < -0.39 is 0 Å². The van der Waals surface area contributed by atoms with Gasteiger partial charge >= 0.3 is 0 Å². The first-order valence-electron chi connectivity index (χ1n) is 8.17. The van der Waals surface area contributed by atoms with E-state index in [2.05, 4.69) is 32.3 Å². The van der Waals surface area contributed by atoms with Crippen LogP contribution in [0.2, 0.25) is 0 Å². The lowest BCUT2D eigenvalue weighted by molar-refractivity contribution is 0.344. The summed E-state index contributed by atoms with van der Waals surface area (Å²) in [6.07, 6.45) is 3.36. The predicted molar refractivity (Wildman–Crippen MR) is 98.1 cm³/mol. The van der Waals surface area contributed by atoms with E-state index in [0.717, 1.165) is 28.9 Å². The van der Waals surface area contributed by atoms with Crippen molar-refractivity contribution in [2.45, 2.75) is 30.5 Å². The van der Waals surface area contributed by atoms with Gasteiger partial charge in [0.25, 0.3) is 0 Å². The van der Waals surface area contributed by atoms with Gasteiger partial charge in [-0.15, -0.1) is 21.5 Å². The highest BCUT2D eigenvalue weighted by Gasteiger charge is 2.29. The molecule has 1 aromatic carbocycles. The lowest BCUT2D eigenvalue weighted by atomic mass is 10.3. The monoisotopic (exact) mass is 357 g/mol. The molecule has 2 aromatic heterocycles. The van der Waals surface area contributed by atoms with Gasteiger partial charge in [-0.2, -0.15) is 0 Å². The highest BCUT2D eigenvalue weighted by molar-refractivity contribution is 7.99. The SMILES string of the molecule is c1ccc(OCCSc2nnc(Cc3cccs3)n2C2CC2)cc1. The smallest absolute Gasteiger partial charge is 0.191 e. The molecule has 1 aliphatic rings. The van der Waals surface area contributed by atoms with Crippen LogP contribution in [-0.4, -0.2) is 27.1 Å². The Hall–Kier alpha value is -1.79. The summed E-state index contributed by atoms with van der Waals surface area (Å²) in [6.45, 7) is 0.673. The first-order chi connectivity index (χ1) is 11.9.